The van der Waals surface area contributed by atoms with Crippen molar-refractivity contribution in [3.63, 3.8) is 0 Å². The summed E-state index contributed by atoms with van der Waals surface area (Å²) in [7, 11) is 0. The van der Waals surface area contributed by atoms with Crippen molar-refractivity contribution < 1.29 is 0 Å². The minimum atomic E-state index is 0.431. The van der Waals surface area contributed by atoms with Gasteiger partial charge in [0.2, 0.25) is 0 Å². The third-order valence-electron chi connectivity index (χ3n) is 3.10. The molecule has 0 saturated heterocycles. The molecule has 0 saturated carbocycles. The van der Waals surface area contributed by atoms with Crippen molar-refractivity contribution in [2.24, 2.45) is 11.7 Å². The molecule has 2 heteroatoms. The molecule has 0 amide bonds. The van der Waals surface area contributed by atoms with E-state index < -0.39 is 0 Å². The van der Waals surface area contributed by atoms with E-state index in [-0.39, 0.29) is 0 Å². The van der Waals surface area contributed by atoms with Crippen LogP contribution < -0.4 is 11.1 Å². The van der Waals surface area contributed by atoms with Crippen molar-refractivity contribution >= 4 is 0 Å². The molecular formula is C14H24N2. The van der Waals surface area contributed by atoms with Crippen LogP contribution in [-0.4, -0.2) is 12.6 Å². The van der Waals surface area contributed by atoms with Gasteiger partial charge in [-0.25, -0.2) is 0 Å². The summed E-state index contributed by atoms with van der Waals surface area (Å²) in [6, 6.07) is 10.9. The number of rotatable bonds is 7. The average Bonchev–Trinajstić information content (AvgIpc) is 2.31. The van der Waals surface area contributed by atoms with E-state index in [1.807, 2.05) is 6.07 Å². The van der Waals surface area contributed by atoms with E-state index in [4.69, 9.17) is 5.73 Å². The van der Waals surface area contributed by atoms with Gasteiger partial charge in [0.25, 0.3) is 0 Å². The van der Waals surface area contributed by atoms with Gasteiger partial charge < -0.3 is 11.1 Å². The monoisotopic (exact) mass is 220 g/mol. The maximum Gasteiger partial charge on any atom is 0.0219 e. The molecule has 0 spiro atoms. The van der Waals surface area contributed by atoms with Crippen LogP contribution in [0.5, 0.6) is 0 Å². The van der Waals surface area contributed by atoms with Crippen LogP contribution in [0.25, 0.3) is 0 Å². The molecule has 0 bridgehead atoms. The van der Waals surface area contributed by atoms with E-state index in [1.54, 1.807) is 0 Å². The number of nitrogens with two attached hydrogens (primary N) is 1. The van der Waals surface area contributed by atoms with Gasteiger partial charge in [-0.2, -0.15) is 0 Å². The van der Waals surface area contributed by atoms with Crippen LogP contribution in [0, 0.1) is 5.92 Å². The van der Waals surface area contributed by atoms with Crippen molar-refractivity contribution in [1.29, 1.82) is 0 Å². The second-order valence-corrected chi connectivity index (χ2v) is 4.47. The number of hydrogen-bond donors (Lipinski definition) is 2. The van der Waals surface area contributed by atoms with Crippen LogP contribution >= 0.6 is 0 Å². The summed E-state index contributed by atoms with van der Waals surface area (Å²) < 4.78 is 0. The zero-order valence-corrected chi connectivity index (χ0v) is 10.4. The zero-order valence-electron chi connectivity index (χ0n) is 10.4. The first kappa shape index (κ1) is 13.2. The maximum atomic E-state index is 5.81. The van der Waals surface area contributed by atoms with E-state index >= 15 is 0 Å². The fourth-order valence-corrected chi connectivity index (χ4v) is 2.02. The van der Waals surface area contributed by atoms with Gasteiger partial charge >= 0.3 is 0 Å². The lowest BCUT2D eigenvalue weighted by atomic mass is 9.97. The number of hydrogen-bond acceptors (Lipinski definition) is 2. The zero-order chi connectivity index (χ0) is 11.8. The van der Waals surface area contributed by atoms with Gasteiger partial charge in [-0.15, -0.1) is 0 Å². The minimum Gasteiger partial charge on any atom is -0.329 e. The molecule has 3 N–H and O–H groups in total. The molecule has 16 heavy (non-hydrogen) atoms. The lowest BCUT2D eigenvalue weighted by Gasteiger charge is -2.23. The van der Waals surface area contributed by atoms with Gasteiger partial charge in [0.15, 0.2) is 0 Å². The van der Waals surface area contributed by atoms with Crippen molar-refractivity contribution in [1.82, 2.24) is 5.32 Å². The first-order valence-corrected chi connectivity index (χ1v) is 6.25. The fraction of sp³-hybridized carbons (Fsp3) is 0.571. The Kier molecular flexibility index (Phi) is 6.12. The van der Waals surface area contributed by atoms with Crippen LogP contribution in [0.3, 0.4) is 0 Å². The first-order valence-electron chi connectivity index (χ1n) is 6.25. The number of nitrogens with one attached hydrogen (secondary N) is 1. The average molecular weight is 220 g/mol. The third kappa shape index (κ3) is 4.33. The maximum absolute atomic E-state index is 5.81. The summed E-state index contributed by atoms with van der Waals surface area (Å²) in [5, 5.41) is 3.55. The molecule has 0 heterocycles. The molecule has 1 aromatic rings. The topological polar surface area (TPSA) is 38.0 Å². The van der Waals surface area contributed by atoms with Crippen molar-refractivity contribution in [3.05, 3.63) is 35.9 Å². The second kappa shape index (κ2) is 7.42. The second-order valence-electron chi connectivity index (χ2n) is 4.47. The van der Waals surface area contributed by atoms with Crippen LogP contribution in [0.4, 0.5) is 0 Å². The van der Waals surface area contributed by atoms with E-state index in [1.165, 1.54) is 18.4 Å². The highest BCUT2D eigenvalue weighted by molar-refractivity contribution is 5.14. The Hall–Kier alpha value is -0.860. The largest absolute Gasteiger partial charge is 0.329 e. The summed E-state index contributed by atoms with van der Waals surface area (Å²) in [5.41, 5.74) is 7.13. The lowest BCUT2D eigenvalue weighted by Crippen LogP contribution is -2.40. The Balaban J connectivity index is 2.39. The van der Waals surface area contributed by atoms with Gasteiger partial charge in [-0.3, -0.25) is 0 Å². The Morgan fingerprint density at radius 2 is 1.94 bits per heavy atom. The van der Waals surface area contributed by atoms with E-state index in [9.17, 15) is 0 Å². The molecule has 90 valence electrons. The smallest absolute Gasteiger partial charge is 0.0219 e. The Labute approximate surface area is 99.2 Å². The molecule has 1 rings (SSSR count). The van der Waals surface area contributed by atoms with Crippen molar-refractivity contribution in [3.8, 4) is 0 Å². The predicted octanol–water partition coefficient (Wildman–Crippen LogP) is 2.54. The molecule has 1 aromatic carbocycles. The predicted molar refractivity (Wildman–Crippen MR) is 70.2 cm³/mol. The summed E-state index contributed by atoms with van der Waals surface area (Å²) >= 11 is 0. The normalized spacial score (nSPS) is 14.7. The van der Waals surface area contributed by atoms with Crippen LogP contribution in [-0.2, 0) is 6.54 Å². The van der Waals surface area contributed by atoms with E-state index in [2.05, 4.69) is 43.4 Å². The van der Waals surface area contributed by atoms with Gasteiger partial charge in [0.05, 0.1) is 0 Å². The Bertz CT molecular complexity index is 271. The first-order chi connectivity index (χ1) is 7.77. The fourth-order valence-electron chi connectivity index (χ4n) is 2.02. The molecule has 0 fully saturated rings. The summed E-state index contributed by atoms with van der Waals surface area (Å²) in [6.45, 7) is 6.13. The molecule has 0 radical (unpaired) electrons. The van der Waals surface area contributed by atoms with Gasteiger partial charge in [-0.1, -0.05) is 50.6 Å². The highest BCUT2D eigenvalue weighted by Gasteiger charge is 2.13. The standard InChI is InChI=1S/C14H24N2/c1-3-7-12(2)14(10-15)16-11-13-8-5-4-6-9-13/h4-6,8-9,12,14,16H,3,7,10-11,15H2,1-2H3. The van der Waals surface area contributed by atoms with Crippen molar-refractivity contribution in [2.45, 2.75) is 39.3 Å². The molecule has 0 aliphatic carbocycles. The molecular weight excluding hydrogens is 196 g/mol. The summed E-state index contributed by atoms with van der Waals surface area (Å²) in [5.74, 6) is 0.652. The van der Waals surface area contributed by atoms with Gasteiger partial charge in [0.1, 0.15) is 0 Å². The molecule has 0 aliphatic rings. The van der Waals surface area contributed by atoms with E-state index in [0.717, 1.165) is 6.54 Å². The van der Waals surface area contributed by atoms with E-state index in [0.29, 0.717) is 18.5 Å². The molecule has 0 aliphatic heterocycles. The minimum absolute atomic E-state index is 0.431. The summed E-state index contributed by atoms with van der Waals surface area (Å²) in [4.78, 5) is 0. The van der Waals surface area contributed by atoms with Crippen LogP contribution in [0.2, 0.25) is 0 Å². The number of benzene rings is 1. The molecule has 2 nitrogen and oxygen atoms in total. The Morgan fingerprint density at radius 1 is 1.25 bits per heavy atom. The van der Waals surface area contributed by atoms with Gasteiger partial charge in [-0.05, 0) is 17.9 Å². The lowest BCUT2D eigenvalue weighted by molar-refractivity contribution is 0.358. The third-order valence-corrected chi connectivity index (χ3v) is 3.10. The molecule has 0 aromatic heterocycles. The highest BCUT2D eigenvalue weighted by atomic mass is 14.9. The SMILES string of the molecule is CCCC(C)C(CN)NCc1ccccc1. The Morgan fingerprint density at radius 3 is 2.50 bits per heavy atom. The summed E-state index contributed by atoms with van der Waals surface area (Å²) in [6.07, 6.45) is 2.47. The molecule has 2 atom stereocenters. The quantitative estimate of drug-likeness (QED) is 0.741. The van der Waals surface area contributed by atoms with Crippen LogP contribution in [0.15, 0.2) is 30.3 Å². The highest BCUT2D eigenvalue weighted by Crippen LogP contribution is 2.10. The van der Waals surface area contributed by atoms with Crippen LogP contribution in [0.1, 0.15) is 32.3 Å². The molecule has 2 unspecified atom stereocenters. The van der Waals surface area contributed by atoms with Gasteiger partial charge in [0, 0.05) is 19.1 Å². The van der Waals surface area contributed by atoms with Crippen molar-refractivity contribution in [2.75, 3.05) is 6.54 Å².